The molecule has 4 N–H and O–H groups in total. The number of hydrogen-bond donors (Lipinski definition) is 4. The molecule has 2 aliphatic heterocycles. The summed E-state index contributed by atoms with van der Waals surface area (Å²) in [6, 6.07) is 11.0. The highest BCUT2D eigenvalue weighted by molar-refractivity contribution is 7.89. The third-order valence-electron chi connectivity index (χ3n) is 8.11. The number of ether oxygens (including phenoxy) is 5. The average molecular weight is 745 g/mol. The van der Waals surface area contributed by atoms with Crippen LogP contribution in [0.2, 0.25) is 0 Å². The number of aliphatic carboxylic acids is 1. The first-order valence-electron chi connectivity index (χ1n) is 16.1. The summed E-state index contributed by atoms with van der Waals surface area (Å²) < 4.78 is 72.8. The maximum Gasteiger partial charge on any atom is 0.407 e. The van der Waals surface area contributed by atoms with Gasteiger partial charge in [-0.3, -0.25) is 9.09 Å². The van der Waals surface area contributed by atoms with Gasteiger partial charge in [0, 0.05) is 13.1 Å². The van der Waals surface area contributed by atoms with Gasteiger partial charge in [0.25, 0.3) is 0 Å². The van der Waals surface area contributed by atoms with Gasteiger partial charge in [0.1, 0.15) is 17.6 Å². The summed E-state index contributed by atoms with van der Waals surface area (Å²) in [5, 5.41) is 23.2. The Kier molecular flexibility index (Phi) is 13.7. The second-order valence-corrected chi connectivity index (χ2v) is 16.2. The summed E-state index contributed by atoms with van der Waals surface area (Å²) in [6.07, 6.45) is -4.86. The molecule has 2 aromatic carbocycles. The minimum absolute atomic E-state index is 0.00970. The van der Waals surface area contributed by atoms with Crippen LogP contribution in [0.5, 0.6) is 11.5 Å². The van der Waals surface area contributed by atoms with E-state index in [4.69, 9.17) is 28.8 Å². The quantitative estimate of drug-likeness (QED) is 0.162. The van der Waals surface area contributed by atoms with Gasteiger partial charge in [0.15, 0.2) is 18.7 Å². The van der Waals surface area contributed by atoms with Crippen LogP contribution in [-0.2, 0) is 44.5 Å². The van der Waals surface area contributed by atoms with Gasteiger partial charge in [-0.1, -0.05) is 26.0 Å². The molecule has 18 heteroatoms. The van der Waals surface area contributed by atoms with E-state index in [2.05, 4.69) is 9.84 Å². The molecule has 2 fully saturated rings. The van der Waals surface area contributed by atoms with Crippen molar-refractivity contribution in [2.24, 2.45) is 11.8 Å². The smallest absolute Gasteiger partial charge is 0.407 e. The number of aliphatic hydroxyl groups is 1. The van der Waals surface area contributed by atoms with Gasteiger partial charge in [-0.15, -0.1) is 0 Å². The van der Waals surface area contributed by atoms with Crippen molar-refractivity contribution < 1.29 is 65.9 Å². The maximum atomic E-state index is 13.8. The third kappa shape index (κ3) is 10.9. The first kappa shape index (κ1) is 39.5. The number of hydrogen-bond acceptors (Lipinski definition) is 12. The van der Waals surface area contributed by atoms with E-state index in [1.165, 1.54) is 47.8 Å². The topological polar surface area (TPSA) is 217 Å². The lowest BCUT2D eigenvalue weighted by Crippen LogP contribution is -2.51. The van der Waals surface area contributed by atoms with Crippen molar-refractivity contribution in [2.75, 3.05) is 39.8 Å². The molecule has 2 aliphatic rings. The number of sulfonamides is 1. The number of fused-ring (bicyclic) bond motifs is 1. The second-order valence-electron chi connectivity index (χ2n) is 12.5. The number of benzene rings is 2. The van der Waals surface area contributed by atoms with Crippen LogP contribution in [0.15, 0.2) is 53.4 Å². The number of aliphatic hydroxyl groups excluding tert-OH is 1. The van der Waals surface area contributed by atoms with E-state index >= 15 is 0 Å². The second kappa shape index (κ2) is 17.3. The Bertz CT molecular complexity index is 1590. The zero-order chi connectivity index (χ0) is 36.6. The van der Waals surface area contributed by atoms with E-state index in [0.717, 1.165) is 6.92 Å². The molecule has 2 saturated heterocycles. The van der Waals surface area contributed by atoms with Gasteiger partial charge < -0.3 is 44.1 Å². The Hall–Kier alpha value is -3.28. The fourth-order valence-corrected chi connectivity index (χ4v) is 8.10. The Morgan fingerprint density at radius 3 is 2.32 bits per heavy atom. The number of carboxylic acids is 1. The average Bonchev–Trinajstić information content (AvgIpc) is 3.68. The third-order valence-corrected chi connectivity index (χ3v) is 11.1. The molecule has 0 saturated carbocycles. The van der Waals surface area contributed by atoms with Gasteiger partial charge in [-0.25, -0.2) is 18.0 Å². The van der Waals surface area contributed by atoms with Crippen LogP contribution in [-0.4, -0.2) is 110 Å². The van der Waals surface area contributed by atoms with Crippen molar-refractivity contribution in [1.82, 2.24) is 9.62 Å². The van der Waals surface area contributed by atoms with Crippen LogP contribution in [0.4, 0.5) is 4.79 Å². The highest BCUT2D eigenvalue weighted by Crippen LogP contribution is 2.43. The van der Waals surface area contributed by atoms with E-state index in [9.17, 15) is 32.6 Å². The molecule has 0 spiro atoms. The largest absolute Gasteiger partial charge is 0.497 e. The fraction of sp³-hybridized carbons (Fsp3) is 0.562. The highest BCUT2D eigenvalue weighted by Gasteiger charge is 2.44. The number of amides is 1. The van der Waals surface area contributed by atoms with Gasteiger partial charge in [-0.05, 0) is 67.6 Å². The van der Waals surface area contributed by atoms with Crippen molar-refractivity contribution in [3.05, 3.63) is 54.1 Å². The zero-order valence-electron chi connectivity index (χ0n) is 28.2. The lowest BCUT2D eigenvalue weighted by molar-refractivity contribution is -0.144. The first-order valence-corrected chi connectivity index (χ1v) is 19.3. The molecule has 0 aromatic heterocycles. The fourth-order valence-electron chi connectivity index (χ4n) is 5.52. The SMILES string of the molecule is COc1ccc(S(=O)(=O)N(CC(C)C)C[C@@H](O)[C@H](Cc2ccc(OCP(=O)(O)O[C@H](C)C(=O)O)cc2)NC(=O)O[C@H]2COC3OCCC32)cc1. The van der Waals surface area contributed by atoms with Crippen molar-refractivity contribution in [3.8, 4) is 11.5 Å². The standard InChI is InChI=1S/C32H45N2O14PS/c1-20(2)16-34(50(41,42)25-11-9-23(43-4)10-12-25)17-28(35)27(33-32(38)47-29-18-45-31-26(29)13-14-44-31)15-22-5-7-24(8-6-22)46-19-49(39,40)48-21(3)30(36)37/h5-12,20-21,26-29,31,35H,13-19H2,1-4H3,(H,33,38)(H,36,37)(H,39,40)/t21-,26?,27+,28-,29+,31?/m1/s1. The van der Waals surface area contributed by atoms with Gasteiger partial charge in [0.05, 0.1) is 43.3 Å². The molecule has 16 nitrogen and oxygen atoms in total. The molecule has 4 rings (SSSR count). The number of rotatable bonds is 18. The highest BCUT2D eigenvalue weighted by atomic mass is 32.2. The van der Waals surface area contributed by atoms with Crippen molar-refractivity contribution in [2.45, 2.75) is 69.2 Å². The number of nitrogens with one attached hydrogen (secondary N) is 1. The molecule has 1 amide bonds. The normalized spacial score (nSPS) is 22.0. The Morgan fingerprint density at radius 2 is 1.70 bits per heavy atom. The molecular weight excluding hydrogens is 699 g/mol. The Morgan fingerprint density at radius 1 is 1.04 bits per heavy atom. The molecule has 3 unspecified atom stereocenters. The summed E-state index contributed by atoms with van der Waals surface area (Å²) in [4.78, 5) is 34.1. The Balaban J connectivity index is 1.50. The van der Waals surface area contributed by atoms with E-state index in [0.29, 0.717) is 24.3 Å². The number of carboxylic acid groups (broad SMARTS) is 1. The van der Waals surface area contributed by atoms with Gasteiger partial charge in [0.2, 0.25) is 10.0 Å². The molecular formula is C32H45N2O14PS. The minimum atomic E-state index is -4.39. The number of alkyl carbamates (subject to hydrolysis) is 1. The summed E-state index contributed by atoms with van der Waals surface area (Å²) in [5.41, 5.74) is 0.589. The number of carbonyl (C=O) groups excluding carboxylic acids is 1. The van der Waals surface area contributed by atoms with Crippen molar-refractivity contribution in [3.63, 3.8) is 0 Å². The number of carbonyl (C=O) groups is 2. The van der Waals surface area contributed by atoms with Crippen LogP contribution in [0.3, 0.4) is 0 Å². The Labute approximate surface area is 291 Å². The molecule has 0 aliphatic carbocycles. The predicted octanol–water partition coefficient (Wildman–Crippen LogP) is 2.81. The van der Waals surface area contributed by atoms with Gasteiger partial charge in [-0.2, -0.15) is 4.31 Å². The summed E-state index contributed by atoms with van der Waals surface area (Å²) in [5.74, 6) is -0.984. The molecule has 2 aromatic rings. The molecule has 2 heterocycles. The number of methoxy groups -OCH3 is 1. The number of nitrogens with zero attached hydrogens (tertiary/aromatic N) is 1. The van der Waals surface area contributed by atoms with Crippen LogP contribution < -0.4 is 14.8 Å². The van der Waals surface area contributed by atoms with E-state index in [1.54, 1.807) is 12.1 Å². The van der Waals surface area contributed by atoms with Crippen molar-refractivity contribution in [1.29, 1.82) is 0 Å². The molecule has 278 valence electrons. The summed E-state index contributed by atoms with van der Waals surface area (Å²) in [6.45, 7) is 5.17. The van der Waals surface area contributed by atoms with Crippen LogP contribution >= 0.6 is 7.60 Å². The van der Waals surface area contributed by atoms with Gasteiger partial charge >= 0.3 is 19.7 Å². The van der Waals surface area contributed by atoms with Crippen molar-refractivity contribution >= 4 is 29.7 Å². The lowest BCUT2D eigenvalue weighted by atomic mass is 10.0. The molecule has 50 heavy (non-hydrogen) atoms. The molecule has 0 bridgehead atoms. The van der Waals surface area contributed by atoms with E-state index in [1.807, 2.05) is 13.8 Å². The van der Waals surface area contributed by atoms with Crippen LogP contribution in [0, 0.1) is 11.8 Å². The first-order chi connectivity index (χ1) is 23.6. The van der Waals surface area contributed by atoms with E-state index in [-0.39, 0.29) is 48.6 Å². The zero-order valence-corrected chi connectivity index (χ0v) is 30.0. The summed E-state index contributed by atoms with van der Waals surface area (Å²) >= 11 is 0. The van der Waals surface area contributed by atoms with Crippen LogP contribution in [0.1, 0.15) is 32.8 Å². The monoisotopic (exact) mass is 744 g/mol. The predicted molar refractivity (Wildman–Crippen MR) is 177 cm³/mol. The lowest BCUT2D eigenvalue weighted by Gasteiger charge is -2.31. The molecule has 0 radical (unpaired) electrons. The minimum Gasteiger partial charge on any atom is -0.497 e. The molecule has 7 atom stereocenters. The summed E-state index contributed by atoms with van der Waals surface area (Å²) in [7, 11) is -7.00. The maximum absolute atomic E-state index is 13.8. The van der Waals surface area contributed by atoms with Crippen LogP contribution in [0.25, 0.3) is 0 Å². The van der Waals surface area contributed by atoms with E-state index < -0.39 is 66.7 Å².